The van der Waals surface area contributed by atoms with Crippen molar-refractivity contribution in [2.24, 2.45) is 11.8 Å². The summed E-state index contributed by atoms with van der Waals surface area (Å²) in [5, 5.41) is 70.3. The third-order valence-electron chi connectivity index (χ3n) is 6.16. The Morgan fingerprint density at radius 3 is 1.75 bits per heavy atom. The van der Waals surface area contributed by atoms with Gasteiger partial charge in [-0.25, -0.2) is 4.79 Å². The summed E-state index contributed by atoms with van der Waals surface area (Å²) >= 11 is 0. The number of hydrogen-bond acceptors (Lipinski definition) is 9. The summed E-state index contributed by atoms with van der Waals surface area (Å²) in [5.74, 6) is -0.958. The summed E-state index contributed by atoms with van der Waals surface area (Å²) in [4.78, 5) is 11.3. The maximum Gasteiger partial charge on any atom is 0.338 e. The lowest BCUT2D eigenvalue weighted by Crippen LogP contribution is -2.55. The number of allylic oxidation sites excluding steroid dienone is 8. The second-order valence-electron chi connectivity index (χ2n) is 9.76. The van der Waals surface area contributed by atoms with Gasteiger partial charge < -0.3 is 40.5 Å². The monoisotopic (exact) mass is 512 g/mol. The summed E-state index contributed by atoms with van der Waals surface area (Å²) in [7, 11) is 0. The Hall–Kier alpha value is -1.85. The van der Waals surface area contributed by atoms with Gasteiger partial charge in [0.15, 0.2) is 12.2 Å². The lowest BCUT2D eigenvalue weighted by atomic mass is 9.89. The standard InChI is InChI=1S/C27H44O9/c1-17(2)15-13-11-9-7-5-4-6-8-10-12-14-16-18(3)19(28)20(29)21(30)22(31)23(32)26-24(33)25(34)27(35)36-26/h5,7-12,14,17-26,28-34H,4,6,13,15-16H2,1-3H3. The first-order valence-electron chi connectivity index (χ1n) is 12.6. The van der Waals surface area contributed by atoms with E-state index in [1.54, 1.807) is 13.0 Å². The first-order valence-corrected chi connectivity index (χ1v) is 12.6. The number of carbonyl (C=O) groups is 1. The molecule has 9 atom stereocenters. The molecule has 1 aliphatic heterocycles. The Balaban J connectivity index is 2.38. The van der Waals surface area contributed by atoms with Crippen molar-refractivity contribution in [3.8, 4) is 0 Å². The Labute approximate surface area is 213 Å². The summed E-state index contributed by atoms with van der Waals surface area (Å²) in [6, 6.07) is 0. The molecular weight excluding hydrogens is 468 g/mol. The van der Waals surface area contributed by atoms with E-state index in [2.05, 4.69) is 42.9 Å². The highest BCUT2D eigenvalue weighted by Gasteiger charge is 2.50. The number of hydrogen-bond donors (Lipinski definition) is 7. The topological polar surface area (TPSA) is 168 Å². The van der Waals surface area contributed by atoms with E-state index < -0.39 is 60.7 Å². The molecular formula is C27H44O9. The van der Waals surface area contributed by atoms with Gasteiger partial charge in [-0.15, -0.1) is 0 Å². The molecule has 1 heterocycles. The van der Waals surface area contributed by atoms with Crippen molar-refractivity contribution in [3.63, 3.8) is 0 Å². The third kappa shape index (κ3) is 10.6. The number of aliphatic hydroxyl groups is 7. The molecule has 9 nitrogen and oxygen atoms in total. The second kappa shape index (κ2) is 16.8. The Morgan fingerprint density at radius 1 is 0.750 bits per heavy atom. The zero-order chi connectivity index (χ0) is 27.3. The summed E-state index contributed by atoms with van der Waals surface area (Å²) < 4.78 is 4.61. The molecule has 0 aliphatic carbocycles. The fraction of sp³-hybridized carbons (Fsp3) is 0.667. The molecule has 1 aliphatic rings. The smallest absolute Gasteiger partial charge is 0.338 e. The largest absolute Gasteiger partial charge is 0.455 e. The molecule has 1 saturated heterocycles. The molecule has 0 amide bonds. The van der Waals surface area contributed by atoms with E-state index in [0.29, 0.717) is 12.3 Å². The molecule has 0 radical (unpaired) electrons. The van der Waals surface area contributed by atoms with E-state index >= 15 is 0 Å². The van der Waals surface area contributed by atoms with Crippen molar-refractivity contribution in [1.29, 1.82) is 0 Å². The Morgan fingerprint density at radius 2 is 1.25 bits per heavy atom. The number of carbonyl (C=O) groups excluding carboxylic acids is 1. The van der Waals surface area contributed by atoms with Gasteiger partial charge in [-0.3, -0.25) is 0 Å². The van der Waals surface area contributed by atoms with Gasteiger partial charge in [0.1, 0.15) is 30.5 Å². The van der Waals surface area contributed by atoms with Crippen molar-refractivity contribution in [1.82, 2.24) is 0 Å². The van der Waals surface area contributed by atoms with Crippen molar-refractivity contribution in [3.05, 3.63) is 48.6 Å². The summed E-state index contributed by atoms with van der Waals surface area (Å²) in [6.07, 6.45) is 5.71. The summed E-state index contributed by atoms with van der Waals surface area (Å²) in [6.45, 7) is 6.07. The Bertz CT molecular complexity index is 746. The molecule has 0 aromatic carbocycles. The van der Waals surface area contributed by atoms with Gasteiger partial charge in [-0.05, 0) is 43.9 Å². The SMILES string of the molecule is CC(C)CCC=CC=CCCC=CC=CCC(C)C(O)C(O)C(O)C(O)C(O)C1OC(=O)C(O)C1O. The molecule has 1 rings (SSSR count). The van der Waals surface area contributed by atoms with Crippen molar-refractivity contribution in [2.45, 2.75) is 102 Å². The van der Waals surface area contributed by atoms with E-state index in [0.717, 1.165) is 19.3 Å². The van der Waals surface area contributed by atoms with Crippen LogP contribution in [0.5, 0.6) is 0 Å². The van der Waals surface area contributed by atoms with Crippen molar-refractivity contribution in [2.75, 3.05) is 0 Å². The minimum atomic E-state index is -2.05. The minimum Gasteiger partial charge on any atom is -0.455 e. The van der Waals surface area contributed by atoms with Crippen LogP contribution in [0.1, 0.15) is 52.9 Å². The predicted octanol–water partition coefficient (Wildman–Crippen LogP) is 0.905. The molecule has 0 bridgehead atoms. The molecule has 7 N–H and O–H groups in total. The molecule has 1 fully saturated rings. The van der Waals surface area contributed by atoms with E-state index in [-0.39, 0.29) is 0 Å². The van der Waals surface area contributed by atoms with Gasteiger partial charge in [-0.1, -0.05) is 69.4 Å². The van der Waals surface area contributed by atoms with Crippen LogP contribution in [0.15, 0.2) is 48.6 Å². The number of esters is 1. The minimum absolute atomic E-state index is 0.375. The lowest BCUT2D eigenvalue weighted by molar-refractivity contribution is -0.174. The molecule has 0 saturated carbocycles. The van der Waals surface area contributed by atoms with Gasteiger partial charge in [0.05, 0.1) is 6.10 Å². The Kier molecular flexibility index (Phi) is 15.0. The van der Waals surface area contributed by atoms with Crippen LogP contribution in [-0.2, 0) is 9.53 Å². The van der Waals surface area contributed by atoms with Crippen molar-refractivity contribution >= 4 is 5.97 Å². The first kappa shape index (κ1) is 32.2. The molecule has 0 spiro atoms. The van der Waals surface area contributed by atoms with Gasteiger partial charge in [0.2, 0.25) is 0 Å². The molecule has 36 heavy (non-hydrogen) atoms. The quantitative estimate of drug-likeness (QED) is 0.0903. The van der Waals surface area contributed by atoms with Crippen LogP contribution in [0.4, 0.5) is 0 Å². The van der Waals surface area contributed by atoms with E-state index in [1.165, 1.54) is 6.42 Å². The molecule has 9 unspecified atom stereocenters. The number of unbranched alkanes of at least 4 members (excludes halogenated alkanes) is 1. The molecule has 9 heteroatoms. The van der Waals surface area contributed by atoms with E-state index in [1.807, 2.05) is 18.2 Å². The summed E-state index contributed by atoms with van der Waals surface area (Å²) in [5.41, 5.74) is 0. The van der Waals surface area contributed by atoms with Crippen LogP contribution in [0.3, 0.4) is 0 Å². The average molecular weight is 513 g/mol. The molecule has 0 aromatic heterocycles. The van der Waals surface area contributed by atoms with Gasteiger partial charge in [-0.2, -0.15) is 0 Å². The fourth-order valence-electron chi connectivity index (χ4n) is 3.66. The van der Waals surface area contributed by atoms with Crippen LogP contribution in [0.2, 0.25) is 0 Å². The second-order valence-corrected chi connectivity index (χ2v) is 9.76. The lowest BCUT2D eigenvalue weighted by Gasteiger charge is -2.33. The normalized spacial score (nSPS) is 26.3. The van der Waals surface area contributed by atoms with Crippen LogP contribution < -0.4 is 0 Å². The number of cyclic esters (lactones) is 1. The van der Waals surface area contributed by atoms with Crippen LogP contribution in [-0.4, -0.2) is 90.5 Å². The molecule has 0 aromatic rings. The van der Waals surface area contributed by atoms with Crippen LogP contribution >= 0.6 is 0 Å². The van der Waals surface area contributed by atoms with Crippen LogP contribution in [0, 0.1) is 11.8 Å². The van der Waals surface area contributed by atoms with Gasteiger partial charge >= 0.3 is 5.97 Å². The van der Waals surface area contributed by atoms with Gasteiger partial charge in [0, 0.05) is 0 Å². The molecule has 206 valence electrons. The van der Waals surface area contributed by atoms with E-state index in [9.17, 15) is 40.5 Å². The van der Waals surface area contributed by atoms with Crippen LogP contribution in [0.25, 0.3) is 0 Å². The zero-order valence-corrected chi connectivity index (χ0v) is 21.4. The number of rotatable bonds is 16. The highest BCUT2D eigenvalue weighted by Crippen LogP contribution is 2.24. The predicted molar refractivity (Wildman–Crippen MR) is 136 cm³/mol. The fourth-order valence-corrected chi connectivity index (χ4v) is 3.66. The number of ether oxygens (including phenoxy) is 1. The number of aliphatic hydroxyl groups excluding tert-OH is 7. The van der Waals surface area contributed by atoms with Crippen molar-refractivity contribution < 1.29 is 45.3 Å². The highest BCUT2D eigenvalue weighted by molar-refractivity contribution is 5.77. The van der Waals surface area contributed by atoms with E-state index in [4.69, 9.17) is 0 Å². The third-order valence-corrected chi connectivity index (χ3v) is 6.16. The maximum absolute atomic E-state index is 11.3. The zero-order valence-electron chi connectivity index (χ0n) is 21.4. The average Bonchev–Trinajstić information content (AvgIpc) is 3.11. The highest BCUT2D eigenvalue weighted by atomic mass is 16.6. The maximum atomic E-state index is 11.3. The first-order chi connectivity index (χ1) is 17.0. The van der Waals surface area contributed by atoms with Gasteiger partial charge in [0.25, 0.3) is 0 Å².